The maximum atomic E-state index is 12.1. The quantitative estimate of drug-likeness (QED) is 0.689. The topological polar surface area (TPSA) is 95.7 Å². The number of urea groups is 1. The predicted molar refractivity (Wildman–Crippen MR) is 70.7 cm³/mol. The van der Waals surface area contributed by atoms with Crippen LogP contribution in [0.2, 0.25) is 0 Å². The minimum Gasteiger partial charge on any atom is -0.481 e. The van der Waals surface area contributed by atoms with E-state index in [1.54, 1.807) is 4.90 Å². The lowest BCUT2D eigenvalue weighted by Crippen LogP contribution is -2.50. The molecule has 2 amide bonds. The molecule has 1 aliphatic carbocycles. The summed E-state index contributed by atoms with van der Waals surface area (Å²) < 4.78 is 0. The molecule has 6 nitrogen and oxygen atoms in total. The Morgan fingerprint density at radius 3 is 2.47 bits per heavy atom. The molecule has 0 aromatic heterocycles. The first-order valence-corrected chi connectivity index (χ1v) is 7.10. The van der Waals surface area contributed by atoms with Gasteiger partial charge in [0.1, 0.15) is 0 Å². The molecule has 2 rings (SSSR count). The van der Waals surface area contributed by atoms with Crippen molar-refractivity contribution in [3.05, 3.63) is 0 Å². The van der Waals surface area contributed by atoms with Crippen LogP contribution in [-0.2, 0) is 4.79 Å². The zero-order valence-electron chi connectivity index (χ0n) is 11.2. The van der Waals surface area contributed by atoms with E-state index in [0.717, 1.165) is 32.1 Å². The summed E-state index contributed by atoms with van der Waals surface area (Å²) in [5.41, 5.74) is 5.81. The summed E-state index contributed by atoms with van der Waals surface area (Å²) >= 11 is 0. The Balaban J connectivity index is 1.80. The first-order valence-electron chi connectivity index (χ1n) is 7.10. The van der Waals surface area contributed by atoms with E-state index in [0.29, 0.717) is 19.5 Å². The normalized spacial score (nSPS) is 29.0. The van der Waals surface area contributed by atoms with Gasteiger partial charge in [-0.15, -0.1) is 0 Å². The van der Waals surface area contributed by atoms with Crippen molar-refractivity contribution in [2.24, 2.45) is 11.7 Å². The molecule has 108 valence electrons. The largest absolute Gasteiger partial charge is 0.481 e. The van der Waals surface area contributed by atoms with Crippen LogP contribution >= 0.6 is 0 Å². The van der Waals surface area contributed by atoms with Crippen molar-refractivity contribution in [2.75, 3.05) is 13.1 Å². The Labute approximate surface area is 113 Å². The lowest BCUT2D eigenvalue weighted by molar-refractivity contribution is -0.143. The van der Waals surface area contributed by atoms with Gasteiger partial charge in [-0.05, 0) is 32.1 Å². The summed E-state index contributed by atoms with van der Waals surface area (Å²) in [5.74, 6) is -1.06. The van der Waals surface area contributed by atoms with Crippen LogP contribution in [-0.4, -0.2) is 47.2 Å². The second-order valence-electron chi connectivity index (χ2n) is 5.67. The van der Waals surface area contributed by atoms with Crippen LogP contribution in [0.4, 0.5) is 4.79 Å². The number of carboxylic acids is 1. The van der Waals surface area contributed by atoms with Gasteiger partial charge in [-0.2, -0.15) is 0 Å². The first kappa shape index (κ1) is 14.1. The highest BCUT2D eigenvalue weighted by Gasteiger charge is 2.29. The Morgan fingerprint density at radius 2 is 1.84 bits per heavy atom. The fourth-order valence-electron chi connectivity index (χ4n) is 2.91. The summed E-state index contributed by atoms with van der Waals surface area (Å²) in [5, 5.41) is 12.0. The number of nitrogens with zero attached hydrogens (tertiary/aromatic N) is 1. The van der Waals surface area contributed by atoms with Crippen molar-refractivity contribution in [2.45, 2.75) is 50.6 Å². The van der Waals surface area contributed by atoms with Crippen molar-refractivity contribution < 1.29 is 14.7 Å². The summed E-state index contributed by atoms with van der Waals surface area (Å²) in [7, 11) is 0. The molecule has 19 heavy (non-hydrogen) atoms. The standard InChI is InChI=1S/C13H23N3O3/c14-10-4-6-16(7-5-10)13(19)15-11-3-1-2-9(8-11)12(17)18/h9-11H,1-8,14H2,(H,15,19)(H,17,18). The molecule has 2 unspecified atom stereocenters. The van der Waals surface area contributed by atoms with Gasteiger partial charge in [0.05, 0.1) is 5.92 Å². The van der Waals surface area contributed by atoms with Crippen LogP contribution in [0.5, 0.6) is 0 Å². The van der Waals surface area contributed by atoms with Gasteiger partial charge in [0.2, 0.25) is 0 Å². The highest BCUT2D eigenvalue weighted by molar-refractivity contribution is 5.75. The molecule has 1 aliphatic heterocycles. The molecule has 0 aromatic carbocycles. The summed E-state index contributed by atoms with van der Waals surface area (Å²) in [4.78, 5) is 24.8. The number of nitrogens with one attached hydrogen (secondary N) is 1. The van der Waals surface area contributed by atoms with Crippen LogP contribution in [0, 0.1) is 5.92 Å². The van der Waals surface area contributed by atoms with Crippen LogP contribution in [0.1, 0.15) is 38.5 Å². The van der Waals surface area contributed by atoms with Crippen LogP contribution in [0.15, 0.2) is 0 Å². The molecule has 6 heteroatoms. The minimum absolute atomic E-state index is 0.00190. The summed E-state index contributed by atoms with van der Waals surface area (Å²) in [6.07, 6.45) is 4.70. The smallest absolute Gasteiger partial charge is 0.317 e. The van der Waals surface area contributed by atoms with E-state index in [1.807, 2.05) is 0 Å². The molecule has 4 N–H and O–H groups in total. The Morgan fingerprint density at radius 1 is 1.16 bits per heavy atom. The SMILES string of the molecule is NC1CCN(C(=O)NC2CCCC(C(=O)O)C2)CC1. The Bertz CT molecular complexity index is 340. The van der Waals surface area contributed by atoms with Gasteiger partial charge >= 0.3 is 12.0 Å². The summed E-state index contributed by atoms with van der Waals surface area (Å²) in [6, 6.07) is 0.135. The van der Waals surface area contributed by atoms with E-state index in [-0.39, 0.29) is 24.0 Å². The number of nitrogens with two attached hydrogens (primary N) is 1. The molecule has 0 spiro atoms. The minimum atomic E-state index is -0.747. The van der Waals surface area contributed by atoms with Gasteiger partial charge in [-0.3, -0.25) is 4.79 Å². The van der Waals surface area contributed by atoms with Gasteiger partial charge in [0.15, 0.2) is 0 Å². The highest BCUT2D eigenvalue weighted by atomic mass is 16.4. The fourth-order valence-corrected chi connectivity index (χ4v) is 2.91. The molecule has 0 radical (unpaired) electrons. The third-order valence-electron chi connectivity index (χ3n) is 4.18. The second-order valence-corrected chi connectivity index (χ2v) is 5.67. The predicted octanol–water partition coefficient (Wildman–Crippen LogP) is 0.762. The number of piperidine rings is 1. The Kier molecular flexibility index (Phi) is 4.63. The molecule has 2 aliphatic rings. The first-order chi connectivity index (χ1) is 9.06. The fraction of sp³-hybridized carbons (Fsp3) is 0.846. The van der Waals surface area contributed by atoms with Crippen molar-refractivity contribution in [1.82, 2.24) is 10.2 Å². The van der Waals surface area contributed by atoms with Gasteiger partial charge in [0, 0.05) is 25.2 Å². The number of carbonyl (C=O) groups is 2. The van der Waals surface area contributed by atoms with Gasteiger partial charge < -0.3 is 21.1 Å². The molecular weight excluding hydrogens is 246 g/mol. The van der Waals surface area contributed by atoms with Gasteiger partial charge in [-0.25, -0.2) is 4.79 Å². The number of hydrogen-bond donors (Lipinski definition) is 3. The maximum Gasteiger partial charge on any atom is 0.317 e. The van der Waals surface area contributed by atoms with Gasteiger partial charge in [0.25, 0.3) is 0 Å². The Hall–Kier alpha value is -1.30. The number of likely N-dealkylation sites (tertiary alicyclic amines) is 1. The third-order valence-corrected chi connectivity index (χ3v) is 4.18. The molecule has 2 atom stereocenters. The van der Waals surface area contributed by atoms with E-state index in [9.17, 15) is 9.59 Å². The lowest BCUT2D eigenvalue weighted by Gasteiger charge is -2.33. The number of hydrogen-bond acceptors (Lipinski definition) is 3. The van der Waals surface area contributed by atoms with E-state index < -0.39 is 5.97 Å². The monoisotopic (exact) mass is 269 g/mol. The molecule has 2 fully saturated rings. The average Bonchev–Trinajstić information content (AvgIpc) is 2.39. The third kappa shape index (κ3) is 3.83. The molecule has 0 bridgehead atoms. The molecule has 1 saturated heterocycles. The van der Waals surface area contributed by atoms with Crippen LogP contribution in [0.3, 0.4) is 0 Å². The lowest BCUT2D eigenvalue weighted by atomic mass is 9.86. The van der Waals surface area contributed by atoms with E-state index in [1.165, 1.54) is 0 Å². The van der Waals surface area contributed by atoms with E-state index in [2.05, 4.69) is 5.32 Å². The number of amides is 2. The number of rotatable bonds is 2. The molecule has 1 saturated carbocycles. The molecule has 1 heterocycles. The molecular formula is C13H23N3O3. The summed E-state index contributed by atoms with van der Waals surface area (Å²) in [6.45, 7) is 1.39. The van der Waals surface area contributed by atoms with Crippen molar-refractivity contribution >= 4 is 12.0 Å². The zero-order valence-corrected chi connectivity index (χ0v) is 11.2. The van der Waals surface area contributed by atoms with Crippen LogP contribution in [0.25, 0.3) is 0 Å². The van der Waals surface area contributed by atoms with E-state index >= 15 is 0 Å². The van der Waals surface area contributed by atoms with Crippen molar-refractivity contribution in [1.29, 1.82) is 0 Å². The maximum absolute atomic E-state index is 12.1. The highest BCUT2D eigenvalue weighted by Crippen LogP contribution is 2.24. The number of carboxylic acid groups (broad SMARTS) is 1. The number of aliphatic carboxylic acids is 1. The number of carbonyl (C=O) groups excluding carboxylic acids is 1. The molecule has 0 aromatic rings. The zero-order chi connectivity index (χ0) is 13.8. The second kappa shape index (κ2) is 6.23. The van der Waals surface area contributed by atoms with E-state index in [4.69, 9.17) is 10.8 Å². The van der Waals surface area contributed by atoms with Gasteiger partial charge in [-0.1, -0.05) is 6.42 Å². The van der Waals surface area contributed by atoms with Crippen LogP contribution < -0.4 is 11.1 Å². The van der Waals surface area contributed by atoms with Crippen molar-refractivity contribution in [3.63, 3.8) is 0 Å². The van der Waals surface area contributed by atoms with Crippen molar-refractivity contribution in [3.8, 4) is 0 Å². The average molecular weight is 269 g/mol.